The van der Waals surface area contributed by atoms with Gasteiger partial charge in [-0.1, -0.05) is 43.1 Å². The normalized spacial score (nSPS) is 11.6. The Morgan fingerprint density at radius 3 is 2.26 bits per heavy atom. The van der Waals surface area contributed by atoms with E-state index in [-0.39, 0.29) is 4.90 Å². The molecule has 6 rings (SSSR count). The van der Waals surface area contributed by atoms with Gasteiger partial charge in [-0.05, 0) is 101 Å². The number of carbonyl (C=O) groups is 1. The number of aldehydes is 1. The second-order valence-electron chi connectivity index (χ2n) is 13.4. The van der Waals surface area contributed by atoms with Crippen LogP contribution in [0.25, 0.3) is 32.9 Å². The summed E-state index contributed by atoms with van der Waals surface area (Å²) in [5, 5.41) is 7.77. The molecule has 0 radical (unpaired) electrons. The number of ether oxygens (including phenoxy) is 1. The highest BCUT2D eigenvalue weighted by Crippen LogP contribution is 2.42. The quantitative estimate of drug-likeness (QED) is 0.0926. The van der Waals surface area contributed by atoms with Gasteiger partial charge in [-0.3, -0.25) is 9.48 Å². The minimum atomic E-state index is -3.63. The van der Waals surface area contributed by atoms with Crippen molar-refractivity contribution in [3.63, 3.8) is 0 Å². The predicted octanol–water partition coefficient (Wildman–Crippen LogP) is 8.97. The maximum atomic E-state index is 13.1. The van der Waals surface area contributed by atoms with Crippen LogP contribution in [0, 0.1) is 27.7 Å². The molecule has 288 valence electrons. The number of halogens is 2. The minimum Gasteiger partial charge on any atom is -0.494 e. The maximum absolute atomic E-state index is 13.1. The smallest absolute Gasteiger partial charge is 0.240 e. The fourth-order valence-corrected chi connectivity index (χ4v) is 8.37. The molecule has 0 bridgehead atoms. The van der Waals surface area contributed by atoms with Gasteiger partial charge in [0, 0.05) is 78.6 Å². The van der Waals surface area contributed by atoms with Gasteiger partial charge in [0.1, 0.15) is 5.75 Å². The summed E-state index contributed by atoms with van der Waals surface area (Å²) < 4.78 is 39.8. The van der Waals surface area contributed by atoms with Crippen LogP contribution >= 0.6 is 23.2 Å². The van der Waals surface area contributed by atoms with Crippen LogP contribution in [0.5, 0.6) is 5.75 Å². The number of anilines is 1. The van der Waals surface area contributed by atoms with Crippen LogP contribution < -0.4 is 14.4 Å². The number of hydrogen-bond donors (Lipinski definition) is 1. The number of rotatable bonds is 13. The number of nitrogens with zero attached hydrogens (tertiary/aromatic N) is 5. The number of nitrogens with one attached hydrogen (secondary N) is 1. The van der Waals surface area contributed by atoms with Gasteiger partial charge < -0.3 is 18.8 Å². The molecule has 0 amide bonds. The Bertz CT molecular complexity index is 2440. The molecular formula is C41H50Cl2N6O4S. The molecule has 0 aliphatic rings. The molecule has 0 atom stereocenters. The van der Waals surface area contributed by atoms with E-state index in [1.807, 2.05) is 108 Å². The molecule has 0 saturated carbocycles. The molecule has 0 unspecified atom stereocenters. The Kier molecular flexibility index (Phi) is 12.6. The third-order valence-electron chi connectivity index (χ3n) is 10.0. The van der Waals surface area contributed by atoms with Crippen LogP contribution in [0.3, 0.4) is 0 Å². The lowest BCUT2D eigenvalue weighted by Crippen LogP contribution is -2.23. The Morgan fingerprint density at radius 2 is 1.65 bits per heavy atom. The van der Waals surface area contributed by atoms with Crippen molar-refractivity contribution in [1.29, 1.82) is 0 Å². The van der Waals surface area contributed by atoms with Gasteiger partial charge in [0.25, 0.3) is 0 Å². The summed E-state index contributed by atoms with van der Waals surface area (Å²) in [5.74, 6) is 0.765. The van der Waals surface area contributed by atoms with E-state index < -0.39 is 10.0 Å². The van der Waals surface area contributed by atoms with Crippen molar-refractivity contribution >= 4 is 67.0 Å². The van der Waals surface area contributed by atoms with E-state index in [0.29, 0.717) is 43.3 Å². The van der Waals surface area contributed by atoms with Gasteiger partial charge >= 0.3 is 0 Å². The van der Waals surface area contributed by atoms with E-state index in [2.05, 4.69) is 14.2 Å². The van der Waals surface area contributed by atoms with Gasteiger partial charge in [0.05, 0.1) is 39.1 Å². The van der Waals surface area contributed by atoms with E-state index in [1.165, 1.54) is 7.05 Å². The SMILES string of the molecule is CC.CNS(=O)(=O)c1ccc2c(c1)c(N(C)CCn1c(C=O)c(CCCOc3cc(C)c(Cl)c(C)c3)c3ccc(Cl)c(-c4c(C)nn(C)c4C)c31)cn2C. The van der Waals surface area contributed by atoms with Crippen molar-refractivity contribution in [2.75, 3.05) is 32.1 Å². The molecule has 3 aromatic carbocycles. The summed E-state index contributed by atoms with van der Waals surface area (Å²) in [6.07, 6.45) is 4.22. The van der Waals surface area contributed by atoms with Gasteiger partial charge in [0.2, 0.25) is 10.0 Å². The molecule has 54 heavy (non-hydrogen) atoms. The first kappa shape index (κ1) is 40.9. The van der Waals surface area contributed by atoms with Gasteiger partial charge in [0.15, 0.2) is 6.29 Å². The number of aryl methyl sites for hydroxylation is 6. The number of carbonyl (C=O) groups excluding carboxylic acids is 1. The Hall–Kier alpha value is -4.29. The van der Waals surface area contributed by atoms with E-state index in [4.69, 9.17) is 33.0 Å². The topological polar surface area (TPSA) is 103 Å². The van der Waals surface area contributed by atoms with Crippen LogP contribution in [-0.4, -0.2) is 60.9 Å². The third-order valence-corrected chi connectivity index (χ3v) is 12.4. The molecule has 0 aliphatic carbocycles. The van der Waals surface area contributed by atoms with Crippen LogP contribution in [0.15, 0.2) is 53.6 Å². The monoisotopic (exact) mass is 792 g/mol. The molecule has 0 fully saturated rings. The second-order valence-corrected chi connectivity index (χ2v) is 16.0. The first-order valence-corrected chi connectivity index (χ1v) is 20.3. The van der Waals surface area contributed by atoms with Gasteiger partial charge in [-0.25, -0.2) is 13.1 Å². The number of aromatic nitrogens is 4. The van der Waals surface area contributed by atoms with Crippen LogP contribution in [0.4, 0.5) is 5.69 Å². The molecule has 0 saturated heterocycles. The number of benzene rings is 3. The first-order valence-electron chi connectivity index (χ1n) is 18.1. The van der Waals surface area contributed by atoms with Gasteiger partial charge in [-0.2, -0.15) is 5.10 Å². The fraction of sp³-hybridized carbons (Fsp3) is 0.366. The number of likely N-dealkylation sites (N-methyl/N-ethyl adjacent to an activating group) is 1. The molecule has 3 aromatic heterocycles. The molecule has 0 aliphatic heterocycles. The molecule has 6 aromatic rings. The molecule has 1 N–H and O–H groups in total. The molecule has 10 nitrogen and oxygen atoms in total. The summed E-state index contributed by atoms with van der Waals surface area (Å²) in [6.45, 7) is 13.4. The van der Waals surface area contributed by atoms with Crippen LogP contribution in [-0.2, 0) is 37.1 Å². The second kappa shape index (κ2) is 16.6. The van der Waals surface area contributed by atoms with Crippen LogP contribution in [0.2, 0.25) is 10.0 Å². The molecular weight excluding hydrogens is 743 g/mol. The zero-order chi connectivity index (χ0) is 39.6. The fourth-order valence-electron chi connectivity index (χ4n) is 7.25. The van der Waals surface area contributed by atoms with Crippen molar-refractivity contribution in [3.05, 3.63) is 92.5 Å². The summed E-state index contributed by atoms with van der Waals surface area (Å²) in [7, 11) is 3.60. The highest BCUT2D eigenvalue weighted by Gasteiger charge is 2.26. The third kappa shape index (κ3) is 7.64. The summed E-state index contributed by atoms with van der Waals surface area (Å²) >= 11 is 13.4. The largest absolute Gasteiger partial charge is 0.494 e. The number of sulfonamides is 1. The van der Waals surface area contributed by atoms with Crippen molar-refractivity contribution in [2.45, 2.75) is 65.8 Å². The Labute approximate surface area is 328 Å². The highest BCUT2D eigenvalue weighted by molar-refractivity contribution is 7.89. The highest BCUT2D eigenvalue weighted by atomic mass is 35.5. The molecule has 0 spiro atoms. The maximum Gasteiger partial charge on any atom is 0.240 e. The van der Waals surface area contributed by atoms with Crippen LogP contribution in [0.1, 0.15) is 58.8 Å². The molecule has 13 heteroatoms. The minimum absolute atomic E-state index is 0.194. The summed E-state index contributed by atoms with van der Waals surface area (Å²) in [4.78, 5) is 15.4. The Morgan fingerprint density at radius 1 is 0.963 bits per heavy atom. The Balaban J connectivity index is 0.00000276. The predicted molar refractivity (Wildman–Crippen MR) is 223 cm³/mol. The lowest BCUT2D eigenvalue weighted by atomic mass is 9.98. The van der Waals surface area contributed by atoms with E-state index in [1.54, 1.807) is 12.1 Å². The number of fused-ring (bicyclic) bond motifs is 2. The summed E-state index contributed by atoms with van der Waals surface area (Å²) in [5.41, 5.74) is 9.70. The van der Waals surface area contributed by atoms with Crippen molar-refractivity contribution in [2.24, 2.45) is 14.1 Å². The molecule has 3 heterocycles. The number of hydrogen-bond acceptors (Lipinski definition) is 6. The lowest BCUT2D eigenvalue weighted by Gasteiger charge is -2.21. The first-order chi connectivity index (χ1) is 25.7. The summed E-state index contributed by atoms with van der Waals surface area (Å²) in [6, 6.07) is 12.9. The van der Waals surface area contributed by atoms with E-state index in [9.17, 15) is 13.2 Å². The average Bonchev–Trinajstić information content (AvgIpc) is 3.74. The van der Waals surface area contributed by atoms with Crippen molar-refractivity contribution in [3.8, 4) is 16.9 Å². The zero-order valence-electron chi connectivity index (χ0n) is 32.8. The average molecular weight is 794 g/mol. The van der Waals surface area contributed by atoms with Gasteiger partial charge in [-0.15, -0.1) is 0 Å². The van der Waals surface area contributed by atoms with E-state index in [0.717, 1.165) is 83.8 Å². The lowest BCUT2D eigenvalue weighted by molar-refractivity contribution is 0.111. The van der Waals surface area contributed by atoms with Crippen molar-refractivity contribution < 1.29 is 17.9 Å². The van der Waals surface area contributed by atoms with E-state index >= 15 is 0 Å². The van der Waals surface area contributed by atoms with Crippen molar-refractivity contribution in [1.82, 2.24) is 23.6 Å². The standard InChI is InChI=1S/C39H44Cl2N6O4S.C2H6/c1-23-18-27(19-24(2)38(23)41)51-17-9-10-29-30-12-13-32(40)37(36-25(3)43-46(8)26(36)4)39(30)47(35(29)22-48)16-15-44(6)34-21-45(7)33-14-11-28(20-31(33)34)52(49,50)42-5;1-2/h11-14,18-22,42H,9-10,15-17H2,1-8H3;1-2H3. The zero-order valence-corrected chi connectivity index (χ0v) is 35.1.